The number of benzene rings is 1. The second-order valence-electron chi connectivity index (χ2n) is 5.63. The Labute approximate surface area is 120 Å². The number of rotatable bonds is 3. The third kappa shape index (κ3) is 3.97. The summed E-state index contributed by atoms with van der Waals surface area (Å²) in [6.07, 6.45) is 5.88. The minimum atomic E-state index is -0.583. The van der Waals surface area contributed by atoms with Crippen LogP contribution < -0.4 is 5.32 Å². The molecule has 0 radical (unpaired) electrons. The van der Waals surface area contributed by atoms with Crippen LogP contribution in [0.15, 0.2) is 18.2 Å². The average Bonchev–Trinajstić information content (AvgIpc) is 2.37. The highest BCUT2D eigenvalue weighted by Crippen LogP contribution is 2.24. The lowest BCUT2D eigenvalue weighted by Crippen LogP contribution is -2.38. The molecule has 1 atom stereocenters. The van der Waals surface area contributed by atoms with Gasteiger partial charge in [0.1, 0.15) is 5.38 Å². The zero-order valence-corrected chi connectivity index (χ0v) is 12.5. The number of carbonyl (C=O) groups excluding carboxylic acids is 1. The van der Waals surface area contributed by atoms with E-state index in [1.165, 1.54) is 19.3 Å². The minimum Gasteiger partial charge on any atom is -0.352 e. The molecule has 1 aliphatic carbocycles. The topological polar surface area (TPSA) is 29.1 Å². The van der Waals surface area contributed by atoms with E-state index in [1.807, 2.05) is 26.0 Å². The molecule has 104 valence electrons. The predicted molar refractivity (Wildman–Crippen MR) is 79.5 cm³/mol. The number of aryl methyl sites for hydroxylation is 2. The lowest BCUT2D eigenvalue weighted by molar-refractivity contribution is -0.121. The van der Waals surface area contributed by atoms with Crippen LogP contribution in [0.25, 0.3) is 0 Å². The summed E-state index contributed by atoms with van der Waals surface area (Å²) in [5, 5.41) is 2.50. The van der Waals surface area contributed by atoms with Crippen molar-refractivity contribution in [2.45, 2.75) is 57.4 Å². The Bertz CT molecular complexity index is 432. The molecule has 0 bridgehead atoms. The van der Waals surface area contributed by atoms with E-state index >= 15 is 0 Å². The highest BCUT2D eigenvalue weighted by atomic mass is 35.5. The molecule has 1 fully saturated rings. The van der Waals surface area contributed by atoms with Gasteiger partial charge in [-0.2, -0.15) is 0 Å². The first-order valence-corrected chi connectivity index (χ1v) is 7.52. The van der Waals surface area contributed by atoms with Crippen molar-refractivity contribution in [1.82, 2.24) is 5.32 Å². The first-order valence-electron chi connectivity index (χ1n) is 7.09. The van der Waals surface area contributed by atoms with Crippen LogP contribution >= 0.6 is 11.6 Å². The zero-order chi connectivity index (χ0) is 13.8. The molecule has 1 aliphatic rings. The summed E-state index contributed by atoms with van der Waals surface area (Å²) in [6, 6.07) is 6.39. The SMILES string of the molecule is Cc1cc(C)cc(C(Cl)C(=O)NC2CCCCC2)c1. The summed E-state index contributed by atoms with van der Waals surface area (Å²) in [7, 11) is 0. The quantitative estimate of drug-likeness (QED) is 0.832. The van der Waals surface area contributed by atoms with Crippen molar-refractivity contribution in [1.29, 1.82) is 0 Å². The standard InChI is InChI=1S/C16H22ClNO/c1-11-8-12(2)10-13(9-11)15(17)16(19)18-14-6-4-3-5-7-14/h8-10,14-15H,3-7H2,1-2H3,(H,18,19). The van der Waals surface area contributed by atoms with Crippen LogP contribution in [-0.4, -0.2) is 11.9 Å². The van der Waals surface area contributed by atoms with Gasteiger partial charge in [-0.1, -0.05) is 48.6 Å². The Morgan fingerprint density at radius 2 is 1.74 bits per heavy atom. The molecule has 0 spiro atoms. The van der Waals surface area contributed by atoms with Gasteiger partial charge in [-0.25, -0.2) is 0 Å². The van der Waals surface area contributed by atoms with Crippen LogP contribution in [0.4, 0.5) is 0 Å². The van der Waals surface area contributed by atoms with Crippen LogP contribution in [0.5, 0.6) is 0 Å². The van der Waals surface area contributed by atoms with Crippen molar-refractivity contribution in [3.05, 3.63) is 34.9 Å². The lowest BCUT2D eigenvalue weighted by Gasteiger charge is -2.24. The van der Waals surface area contributed by atoms with E-state index < -0.39 is 5.38 Å². The smallest absolute Gasteiger partial charge is 0.242 e. The molecule has 1 aromatic carbocycles. The summed E-state index contributed by atoms with van der Waals surface area (Å²) in [4.78, 5) is 12.2. The van der Waals surface area contributed by atoms with Crippen molar-refractivity contribution in [3.8, 4) is 0 Å². The van der Waals surface area contributed by atoms with Crippen molar-refractivity contribution < 1.29 is 4.79 Å². The van der Waals surface area contributed by atoms with Crippen LogP contribution in [-0.2, 0) is 4.79 Å². The Hall–Kier alpha value is -1.02. The maximum Gasteiger partial charge on any atom is 0.242 e. The van der Waals surface area contributed by atoms with Crippen LogP contribution in [0.2, 0.25) is 0 Å². The molecular formula is C16H22ClNO. The predicted octanol–water partition coefficient (Wildman–Crippen LogP) is 4.03. The third-order valence-electron chi connectivity index (χ3n) is 3.72. The molecule has 1 amide bonds. The lowest BCUT2D eigenvalue weighted by atomic mass is 9.95. The summed E-state index contributed by atoms with van der Waals surface area (Å²) < 4.78 is 0. The van der Waals surface area contributed by atoms with Crippen molar-refractivity contribution in [3.63, 3.8) is 0 Å². The zero-order valence-electron chi connectivity index (χ0n) is 11.7. The van der Waals surface area contributed by atoms with E-state index in [1.54, 1.807) is 0 Å². The third-order valence-corrected chi connectivity index (χ3v) is 4.17. The second-order valence-corrected chi connectivity index (χ2v) is 6.06. The van der Waals surface area contributed by atoms with Gasteiger partial charge in [0.25, 0.3) is 0 Å². The van der Waals surface area contributed by atoms with Gasteiger partial charge in [-0.3, -0.25) is 4.79 Å². The van der Waals surface area contributed by atoms with Gasteiger partial charge < -0.3 is 5.32 Å². The molecule has 1 unspecified atom stereocenters. The molecule has 2 rings (SSSR count). The molecule has 1 aromatic rings. The number of amides is 1. The number of hydrogen-bond acceptors (Lipinski definition) is 1. The number of halogens is 1. The summed E-state index contributed by atoms with van der Waals surface area (Å²) in [5.41, 5.74) is 3.18. The molecule has 1 N–H and O–H groups in total. The summed E-state index contributed by atoms with van der Waals surface area (Å²) >= 11 is 6.31. The molecule has 19 heavy (non-hydrogen) atoms. The van der Waals surface area contributed by atoms with Crippen LogP contribution in [0, 0.1) is 13.8 Å². The number of carbonyl (C=O) groups is 1. The maximum absolute atomic E-state index is 12.2. The fourth-order valence-corrected chi connectivity index (χ4v) is 3.02. The van der Waals surface area contributed by atoms with Crippen molar-refractivity contribution in [2.75, 3.05) is 0 Å². The molecule has 0 saturated heterocycles. The first-order chi connectivity index (χ1) is 9.06. The highest BCUT2D eigenvalue weighted by Gasteiger charge is 2.22. The average molecular weight is 280 g/mol. The van der Waals surface area contributed by atoms with Gasteiger partial charge in [0, 0.05) is 6.04 Å². The molecule has 0 aliphatic heterocycles. The molecular weight excluding hydrogens is 258 g/mol. The molecule has 0 aromatic heterocycles. The Morgan fingerprint density at radius 3 is 2.32 bits per heavy atom. The van der Waals surface area contributed by atoms with E-state index in [0.29, 0.717) is 6.04 Å². The number of hydrogen-bond donors (Lipinski definition) is 1. The van der Waals surface area contributed by atoms with E-state index in [9.17, 15) is 4.79 Å². The second kappa shape index (κ2) is 6.42. The Kier molecular flexibility index (Phi) is 4.87. The minimum absolute atomic E-state index is 0.0569. The monoisotopic (exact) mass is 279 g/mol. The molecule has 3 heteroatoms. The normalized spacial score (nSPS) is 18.1. The summed E-state index contributed by atoms with van der Waals surface area (Å²) in [6.45, 7) is 4.05. The van der Waals surface area contributed by atoms with E-state index in [4.69, 9.17) is 11.6 Å². The first kappa shape index (κ1) is 14.4. The molecule has 2 nitrogen and oxygen atoms in total. The number of alkyl halides is 1. The van der Waals surface area contributed by atoms with Crippen molar-refractivity contribution >= 4 is 17.5 Å². The fraction of sp³-hybridized carbons (Fsp3) is 0.562. The van der Waals surface area contributed by atoms with Gasteiger partial charge in [0.05, 0.1) is 0 Å². The maximum atomic E-state index is 12.2. The van der Waals surface area contributed by atoms with Gasteiger partial charge >= 0.3 is 0 Å². The van der Waals surface area contributed by atoms with Crippen LogP contribution in [0.3, 0.4) is 0 Å². The Balaban J connectivity index is 2.01. The summed E-state index contributed by atoms with van der Waals surface area (Å²) in [5.74, 6) is -0.0569. The van der Waals surface area contributed by atoms with E-state index in [0.717, 1.165) is 29.5 Å². The number of nitrogens with one attached hydrogen (secondary N) is 1. The van der Waals surface area contributed by atoms with Gasteiger partial charge in [-0.05, 0) is 32.3 Å². The molecule has 1 saturated carbocycles. The van der Waals surface area contributed by atoms with Gasteiger partial charge in [-0.15, -0.1) is 11.6 Å². The molecule has 0 heterocycles. The Morgan fingerprint density at radius 1 is 1.16 bits per heavy atom. The highest BCUT2D eigenvalue weighted by molar-refractivity contribution is 6.30. The van der Waals surface area contributed by atoms with Gasteiger partial charge in [0.15, 0.2) is 0 Å². The van der Waals surface area contributed by atoms with E-state index in [-0.39, 0.29) is 5.91 Å². The fourth-order valence-electron chi connectivity index (χ4n) is 2.83. The van der Waals surface area contributed by atoms with Crippen LogP contribution in [0.1, 0.15) is 54.2 Å². The van der Waals surface area contributed by atoms with Gasteiger partial charge in [0.2, 0.25) is 5.91 Å². The van der Waals surface area contributed by atoms with Crippen molar-refractivity contribution in [2.24, 2.45) is 0 Å². The van der Waals surface area contributed by atoms with E-state index in [2.05, 4.69) is 11.4 Å². The largest absolute Gasteiger partial charge is 0.352 e.